The Morgan fingerprint density at radius 3 is 2.95 bits per heavy atom. The number of nitrogens with one attached hydrogen (secondary N) is 1. The molecule has 1 aliphatic heterocycles. The molecule has 1 aliphatic rings. The molecule has 9 heteroatoms. The Morgan fingerprint density at radius 2 is 2.33 bits per heavy atom. The van der Waals surface area contributed by atoms with E-state index in [-0.39, 0.29) is 12.2 Å². The Labute approximate surface area is 118 Å². The van der Waals surface area contributed by atoms with Gasteiger partial charge in [0, 0.05) is 25.2 Å². The van der Waals surface area contributed by atoms with Gasteiger partial charge in [-0.05, 0) is 12.5 Å². The summed E-state index contributed by atoms with van der Waals surface area (Å²) in [6, 6.07) is 4.33. The topological polar surface area (TPSA) is 138 Å². The van der Waals surface area contributed by atoms with Crippen LogP contribution in [0.2, 0.25) is 0 Å². The highest BCUT2D eigenvalue weighted by Gasteiger charge is 2.42. The van der Waals surface area contributed by atoms with Gasteiger partial charge in [-0.15, -0.1) is 0 Å². The van der Waals surface area contributed by atoms with Gasteiger partial charge in [0.25, 0.3) is 5.69 Å². The fourth-order valence-corrected chi connectivity index (χ4v) is 2.44. The molecule has 0 amide bonds. The number of aromatic amines is 1. The van der Waals surface area contributed by atoms with Crippen LogP contribution in [0.25, 0.3) is 11.0 Å². The Balaban J connectivity index is 1.92. The van der Waals surface area contributed by atoms with Crippen LogP contribution in [0.1, 0.15) is 6.42 Å². The number of carboxylic acid groups (broad SMARTS) is 1. The van der Waals surface area contributed by atoms with E-state index in [4.69, 9.17) is 10.8 Å². The van der Waals surface area contributed by atoms with Gasteiger partial charge in [0.15, 0.2) is 0 Å². The molecule has 4 N–H and O–H groups in total. The fraction of sp³-hybridized carbons (Fsp3) is 0.333. The lowest BCUT2D eigenvalue weighted by Gasteiger charge is -2.19. The van der Waals surface area contributed by atoms with E-state index < -0.39 is 16.4 Å². The van der Waals surface area contributed by atoms with Crippen LogP contribution >= 0.6 is 0 Å². The van der Waals surface area contributed by atoms with Crippen molar-refractivity contribution in [3.63, 3.8) is 0 Å². The first-order valence-corrected chi connectivity index (χ1v) is 6.30. The molecule has 2 heterocycles. The number of non-ortho nitro benzene ring substituents is 1. The smallest absolute Gasteiger partial charge is 0.325 e. The summed E-state index contributed by atoms with van der Waals surface area (Å²) in [7, 11) is 0. The van der Waals surface area contributed by atoms with Crippen molar-refractivity contribution in [2.45, 2.75) is 12.0 Å². The third-order valence-electron chi connectivity index (χ3n) is 3.69. The van der Waals surface area contributed by atoms with Gasteiger partial charge in [-0.1, -0.05) is 0 Å². The number of aromatic nitrogens is 2. The van der Waals surface area contributed by atoms with Gasteiger partial charge in [0.2, 0.25) is 5.95 Å². The lowest BCUT2D eigenvalue weighted by molar-refractivity contribution is -0.384. The second kappa shape index (κ2) is 4.42. The van der Waals surface area contributed by atoms with Gasteiger partial charge in [-0.2, -0.15) is 0 Å². The first-order valence-electron chi connectivity index (χ1n) is 6.30. The van der Waals surface area contributed by atoms with E-state index in [1.165, 1.54) is 12.1 Å². The van der Waals surface area contributed by atoms with Gasteiger partial charge in [0.05, 0.1) is 16.0 Å². The molecule has 1 unspecified atom stereocenters. The molecule has 21 heavy (non-hydrogen) atoms. The molecule has 0 saturated carbocycles. The number of carboxylic acids is 1. The molecular weight excluding hydrogens is 278 g/mol. The number of nitrogens with zero attached hydrogens (tertiary/aromatic N) is 3. The fourth-order valence-electron chi connectivity index (χ4n) is 2.44. The van der Waals surface area contributed by atoms with E-state index in [9.17, 15) is 14.9 Å². The lowest BCUT2D eigenvalue weighted by atomic mass is 10.0. The third-order valence-corrected chi connectivity index (χ3v) is 3.69. The number of benzene rings is 1. The number of hydrogen-bond acceptors (Lipinski definition) is 6. The van der Waals surface area contributed by atoms with Crippen LogP contribution in [0.15, 0.2) is 18.2 Å². The van der Waals surface area contributed by atoms with Crippen LogP contribution in [-0.4, -0.2) is 44.6 Å². The molecule has 1 saturated heterocycles. The van der Waals surface area contributed by atoms with E-state index in [0.717, 1.165) is 0 Å². The van der Waals surface area contributed by atoms with Crippen molar-refractivity contribution in [3.05, 3.63) is 28.3 Å². The SMILES string of the molecule is NC1(C(=O)O)CCN(c2nc3ccc([N+](=O)[O-])cc3[nH]2)C1. The standard InChI is InChI=1S/C12H13N5O4/c13-12(10(18)19)3-4-16(6-12)11-14-8-2-1-7(17(20)21)5-9(8)15-11/h1-2,5H,3-4,6,13H2,(H,14,15)(H,18,19). The maximum atomic E-state index is 11.1. The molecule has 1 fully saturated rings. The average Bonchev–Trinajstić information content (AvgIpc) is 3.01. The van der Waals surface area contributed by atoms with Crippen molar-refractivity contribution in [2.24, 2.45) is 5.73 Å². The second-order valence-corrected chi connectivity index (χ2v) is 5.15. The zero-order valence-electron chi connectivity index (χ0n) is 10.9. The number of imidazole rings is 1. The number of rotatable bonds is 3. The number of aliphatic carboxylic acids is 1. The van der Waals surface area contributed by atoms with Gasteiger partial charge in [-0.3, -0.25) is 14.9 Å². The predicted molar refractivity (Wildman–Crippen MR) is 74.1 cm³/mol. The van der Waals surface area contributed by atoms with Crippen molar-refractivity contribution < 1.29 is 14.8 Å². The van der Waals surface area contributed by atoms with E-state index in [1.807, 2.05) is 0 Å². The summed E-state index contributed by atoms with van der Waals surface area (Å²) >= 11 is 0. The van der Waals surface area contributed by atoms with Gasteiger partial charge in [0.1, 0.15) is 5.54 Å². The first-order chi connectivity index (χ1) is 9.89. The number of anilines is 1. The second-order valence-electron chi connectivity index (χ2n) is 5.15. The minimum Gasteiger partial charge on any atom is -0.480 e. The van der Waals surface area contributed by atoms with E-state index >= 15 is 0 Å². The van der Waals surface area contributed by atoms with Crippen LogP contribution in [0.3, 0.4) is 0 Å². The molecule has 0 radical (unpaired) electrons. The normalized spacial score (nSPS) is 21.9. The van der Waals surface area contributed by atoms with Crippen LogP contribution in [0, 0.1) is 10.1 Å². The van der Waals surface area contributed by atoms with Crippen LogP contribution in [0.4, 0.5) is 11.6 Å². The van der Waals surface area contributed by atoms with Crippen molar-refractivity contribution >= 4 is 28.6 Å². The number of carbonyl (C=O) groups is 1. The van der Waals surface area contributed by atoms with E-state index in [1.54, 1.807) is 11.0 Å². The number of hydrogen-bond donors (Lipinski definition) is 3. The van der Waals surface area contributed by atoms with Gasteiger partial charge >= 0.3 is 5.97 Å². The summed E-state index contributed by atoms with van der Waals surface area (Å²) < 4.78 is 0. The lowest BCUT2D eigenvalue weighted by Crippen LogP contribution is -2.50. The molecule has 0 bridgehead atoms. The molecule has 110 valence electrons. The Morgan fingerprint density at radius 1 is 1.57 bits per heavy atom. The maximum absolute atomic E-state index is 11.1. The number of nitro groups is 1. The Hall–Kier alpha value is -2.68. The highest BCUT2D eigenvalue weighted by atomic mass is 16.6. The van der Waals surface area contributed by atoms with Gasteiger partial charge < -0.3 is 20.7 Å². The molecular formula is C12H13N5O4. The number of nitro benzene ring substituents is 1. The van der Waals surface area contributed by atoms with Crippen LogP contribution < -0.4 is 10.6 Å². The molecule has 9 nitrogen and oxygen atoms in total. The zero-order valence-corrected chi connectivity index (χ0v) is 10.9. The number of fused-ring (bicyclic) bond motifs is 1. The predicted octanol–water partition coefficient (Wildman–Crippen LogP) is 0.463. The number of nitrogens with two attached hydrogens (primary N) is 1. The molecule has 0 aliphatic carbocycles. The Kier molecular flexibility index (Phi) is 2.80. The average molecular weight is 291 g/mol. The van der Waals surface area contributed by atoms with Crippen molar-refractivity contribution in [1.29, 1.82) is 0 Å². The largest absolute Gasteiger partial charge is 0.480 e. The Bertz CT molecular complexity index is 742. The molecule has 1 aromatic carbocycles. The summed E-state index contributed by atoms with van der Waals surface area (Å²) in [6.45, 7) is 0.606. The monoisotopic (exact) mass is 291 g/mol. The molecule has 1 atom stereocenters. The van der Waals surface area contributed by atoms with Crippen molar-refractivity contribution in [2.75, 3.05) is 18.0 Å². The van der Waals surface area contributed by atoms with Crippen LogP contribution in [-0.2, 0) is 4.79 Å². The molecule has 3 rings (SSSR count). The summed E-state index contributed by atoms with van der Waals surface area (Å²) in [4.78, 5) is 30.4. The summed E-state index contributed by atoms with van der Waals surface area (Å²) in [5, 5.41) is 19.9. The van der Waals surface area contributed by atoms with E-state index in [0.29, 0.717) is 29.9 Å². The van der Waals surface area contributed by atoms with Crippen LogP contribution in [0.5, 0.6) is 0 Å². The minimum atomic E-state index is -1.29. The highest BCUT2D eigenvalue weighted by Crippen LogP contribution is 2.27. The quantitative estimate of drug-likeness (QED) is 0.551. The summed E-state index contributed by atoms with van der Waals surface area (Å²) in [5.74, 6) is -0.573. The van der Waals surface area contributed by atoms with Crippen molar-refractivity contribution in [3.8, 4) is 0 Å². The highest BCUT2D eigenvalue weighted by molar-refractivity contribution is 5.82. The third kappa shape index (κ3) is 2.17. The summed E-state index contributed by atoms with van der Waals surface area (Å²) in [5.41, 5.74) is 5.61. The number of H-pyrrole nitrogens is 1. The zero-order chi connectivity index (χ0) is 15.2. The molecule has 2 aromatic rings. The molecule has 0 spiro atoms. The van der Waals surface area contributed by atoms with E-state index in [2.05, 4.69) is 9.97 Å². The maximum Gasteiger partial charge on any atom is 0.325 e. The van der Waals surface area contributed by atoms with Gasteiger partial charge in [-0.25, -0.2) is 4.98 Å². The summed E-state index contributed by atoms with van der Waals surface area (Å²) in [6.07, 6.45) is 0.319. The minimum absolute atomic E-state index is 0.0298. The first kappa shape index (κ1) is 13.3. The van der Waals surface area contributed by atoms with Crippen molar-refractivity contribution in [1.82, 2.24) is 9.97 Å². The molecule has 1 aromatic heterocycles.